The van der Waals surface area contributed by atoms with E-state index in [1.165, 1.54) is 38.8 Å². The average molecular weight is 346 g/mol. The minimum Gasteiger partial charge on any atom is -0.311 e. The Morgan fingerprint density at radius 1 is 1.16 bits per heavy atom. The Balaban J connectivity index is 1.69. The summed E-state index contributed by atoms with van der Waals surface area (Å²) >= 11 is 9.66. The Kier molecular flexibility index (Phi) is 6.65. The van der Waals surface area contributed by atoms with Gasteiger partial charge in [-0.3, -0.25) is 0 Å². The van der Waals surface area contributed by atoms with Crippen molar-refractivity contribution in [2.45, 2.75) is 32.2 Å². The molecule has 0 saturated carbocycles. The van der Waals surface area contributed by atoms with Crippen molar-refractivity contribution in [3.63, 3.8) is 0 Å². The van der Waals surface area contributed by atoms with Gasteiger partial charge in [0.25, 0.3) is 0 Å². The fourth-order valence-electron chi connectivity index (χ4n) is 2.50. The number of rotatable bonds is 5. The van der Waals surface area contributed by atoms with Gasteiger partial charge in [-0.1, -0.05) is 40.4 Å². The molecule has 0 unspecified atom stereocenters. The smallest absolute Gasteiger partial charge is 0.0451 e. The van der Waals surface area contributed by atoms with Gasteiger partial charge in [0.1, 0.15) is 0 Å². The Hall–Kier alpha value is -0.0900. The van der Waals surface area contributed by atoms with Crippen LogP contribution in [0.25, 0.3) is 0 Å². The van der Waals surface area contributed by atoms with E-state index in [1.807, 2.05) is 12.1 Å². The van der Waals surface area contributed by atoms with Gasteiger partial charge in [0.15, 0.2) is 0 Å². The van der Waals surface area contributed by atoms with Crippen LogP contribution in [0.3, 0.4) is 0 Å². The minimum absolute atomic E-state index is 0.838. The van der Waals surface area contributed by atoms with Crippen molar-refractivity contribution in [3.05, 3.63) is 33.3 Å². The molecule has 1 aromatic carbocycles. The molecule has 106 valence electrons. The second-order valence-electron chi connectivity index (χ2n) is 5.17. The molecule has 0 amide bonds. The molecule has 1 heterocycles. The van der Waals surface area contributed by atoms with Crippen LogP contribution in [0.5, 0.6) is 0 Å². The van der Waals surface area contributed by atoms with Crippen LogP contribution in [0.1, 0.15) is 31.2 Å². The first-order chi connectivity index (χ1) is 9.25. The van der Waals surface area contributed by atoms with Crippen LogP contribution in [-0.2, 0) is 6.54 Å². The topological polar surface area (TPSA) is 15.3 Å². The third-order valence-corrected chi connectivity index (χ3v) is 4.49. The number of nitrogens with zero attached hydrogens (tertiary/aromatic N) is 1. The Morgan fingerprint density at radius 3 is 2.63 bits per heavy atom. The van der Waals surface area contributed by atoms with E-state index in [0.717, 1.165) is 34.7 Å². The Morgan fingerprint density at radius 2 is 1.89 bits per heavy atom. The van der Waals surface area contributed by atoms with Crippen molar-refractivity contribution in [3.8, 4) is 0 Å². The van der Waals surface area contributed by atoms with Gasteiger partial charge in [0, 0.05) is 29.1 Å². The molecule has 0 spiro atoms. The molecule has 0 radical (unpaired) electrons. The van der Waals surface area contributed by atoms with Gasteiger partial charge in [0.05, 0.1) is 0 Å². The SMILES string of the molecule is Clc1ccc(Br)cc1CNCCN1CCCCCC1. The lowest BCUT2D eigenvalue weighted by atomic mass is 10.2. The van der Waals surface area contributed by atoms with Crippen molar-refractivity contribution >= 4 is 27.5 Å². The summed E-state index contributed by atoms with van der Waals surface area (Å²) in [7, 11) is 0. The Labute approximate surface area is 129 Å². The first kappa shape index (κ1) is 15.3. The molecule has 0 bridgehead atoms. The molecule has 4 heteroatoms. The fourth-order valence-corrected chi connectivity index (χ4v) is 3.09. The molecule has 19 heavy (non-hydrogen) atoms. The highest BCUT2D eigenvalue weighted by molar-refractivity contribution is 9.10. The van der Waals surface area contributed by atoms with Crippen LogP contribution in [0.15, 0.2) is 22.7 Å². The first-order valence-corrected chi connectivity index (χ1v) is 8.30. The molecule has 1 fully saturated rings. The van der Waals surface area contributed by atoms with Gasteiger partial charge in [0.2, 0.25) is 0 Å². The predicted molar refractivity (Wildman–Crippen MR) is 85.8 cm³/mol. The number of likely N-dealkylation sites (tertiary alicyclic amines) is 1. The summed E-state index contributed by atoms with van der Waals surface area (Å²) in [6.07, 6.45) is 5.52. The molecule has 0 aliphatic carbocycles. The standard InChI is InChI=1S/C15H22BrClN2/c16-14-5-6-15(17)13(11-14)12-18-7-10-19-8-3-1-2-4-9-19/h5-6,11,18H,1-4,7-10,12H2. The van der Waals surface area contributed by atoms with E-state index in [4.69, 9.17) is 11.6 Å². The number of nitrogens with one attached hydrogen (secondary N) is 1. The summed E-state index contributed by atoms with van der Waals surface area (Å²) in [4.78, 5) is 2.57. The Bertz CT molecular complexity index is 390. The minimum atomic E-state index is 0.838. The van der Waals surface area contributed by atoms with Crippen LogP contribution in [0, 0.1) is 0 Å². The lowest BCUT2D eigenvalue weighted by Crippen LogP contribution is -2.32. The van der Waals surface area contributed by atoms with E-state index in [2.05, 4.69) is 32.2 Å². The van der Waals surface area contributed by atoms with Crippen LogP contribution < -0.4 is 5.32 Å². The predicted octanol–water partition coefficient (Wildman–Crippen LogP) is 4.07. The maximum absolute atomic E-state index is 6.17. The van der Waals surface area contributed by atoms with Crippen LogP contribution in [-0.4, -0.2) is 31.1 Å². The van der Waals surface area contributed by atoms with E-state index in [1.54, 1.807) is 0 Å². The first-order valence-electron chi connectivity index (χ1n) is 7.13. The molecule has 0 atom stereocenters. The maximum Gasteiger partial charge on any atom is 0.0451 e. The lowest BCUT2D eigenvalue weighted by Gasteiger charge is -2.19. The van der Waals surface area contributed by atoms with Crippen molar-refractivity contribution < 1.29 is 0 Å². The van der Waals surface area contributed by atoms with Crippen LogP contribution in [0.2, 0.25) is 5.02 Å². The van der Waals surface area contributed by atoms with Crippen molar-refractivity contribution in [1.82, 2.24) is 10.2 Å². The third-order valence-electron chi connectivity index (χ3n) is 3.63. The highest BCUT2D eigenvalue weighted by Gasteiger charge is 2.08. The monoisotopic (exact) mass is 344 g/mol. The van der Waals surface area contributed by atoms with Crippen LogP contribution in [0.4, 0.5) is 0 Å². The molecule has 1 N–H and O–H groups in total. The molecule has 2 nitrogen and oxygen atoms in total. The quantitative estimate of drug-likeness (QED) is 0.809. The fraction of sp³-hybridized carbons (Fsp3) is 0.600. The molecule has 1 aromatic rings. The largest absolute Gasteiger partial charge is 0.311 e. The average Bonchev–Trinajstić information content (AvgIpc) is 2.67. The van der Waals surface area contributed by atoms with Crippen molar-refractivity contribution in [2.24, 2.45) is 0 Å². The van der Waals surface area contributed by atoms with Gasteiger partial charge in [-0.2, -0.15) is 0 Å². The van der Waals surface area contributed by atoms with E-state index in [-0.39, 0.29) is 0 Å². The van der Waals surface area contributed by atoms with Gasteiger partial charge >= 0.3 is 0 Å². The highest BCUT2D eigenvalue weighted by Crippen LogP contribution is 2.20. The van der Waals surface area contributed by atoms with Crippen molar-refractivity contribution in [1.29, 1.82) is 0 Å². The molecule has 0 aromatic heterocycles. The van der Waals surface area contributed by atoms with E-state index in [9.17, 15) is 0 Å². The number of benzene rings is 1. The summed E-state index contributed by atoms with van der Waals surface area (Å²) in [6, 6.07) is 6.00. The molecule has 1 saturated heterocycles. The zero-order valence-electron chi connectivity index (χ0n) is 11.3. The summed E-state index contributed by atoms with van der Waals surface area (Å²) in [6.45, 7) is 5.54. The van der Waals surface area contributed by atoms with Crippen LogP contribution >= 0.6 is 27.5 Å². The highest BCUT2D eigenvalue weighted by atomic mass is 79.9. The van der Waals surface area contributed by atoms with Gasteiger partial charge in [-0.15, -0.1) is 0 Å². The van der Waals surface area contributed by atoms with E-state index < -0.39 is 0 Å². The van der Waals surface area contributed by atoms with Crippen molar-refractivity contribution in [2.75, 3.05) is 26.2 Å². The number of hydrogen-bond donors (Lipinski definition) is 1. The van der Waals surface area contributed by atoms with E-state index >= 15 is 0 Å². The lowest BCUT2D eigenvalue weighted by molar-refractivity contribution is 0.284. The maximum atomic E-state index is 6.17. The molecule has 1 aliphatic heterocycles. The second-order valence-corrected chi connectivity index (χ2v) is 6.49. The van der Waals surface area contributed by atoms with Gasteiger partial charge in [-0.25, -0.2) is 0 Å². The third kappa shape index (κ3) is 5.42. The van der Waals surface area contributed by atoms with E-state index in [0.29, 0.717) is 0 Å². The number of hydrogen-bond acceptors (Lipinski definition) is 2. The summed E-state index contributed by atoms with van der Waals surface area (Å²) in [5, 5.41) is 4.33. The molecular weight excluding hydrogens is 324 g/mol. The summed E-state index contributed by atoms with van der Waals surface area (Å²) < 4.78 is 1.08. The molecule has 1 aliphatic rings. The molecular formula is C15H22BrClN2. The zero-order valence-corrected chi connectivity index (χ0v) is 13.6. The summed E-state index contributed by atoms with van der Waals surface area (Å²) in [5.41, 5.74) is 1.16. The van der Waals surface area contributed by atoms with Gasteiger partial charge in [-0.05, 0) is 49.7 Å². The number of halogens is 2. The molecule has 2 rings (SSSR count). The normalized spacial score (nSPS) is 17.4. The zero-order chi connectivity index (χ0) is 13.5. The second kappa shape index (κ2) is 8.25. The van der Waals surface area contributed by atoms with Gasteiger partial charge < -0.3 is 10.2 Å². The summed E-state index contributed by atoms with van der Waals surface area (Å²) in [5.74, 6) is 0.